The first kappa shape index (κ1) is 18.3. The van der Waals surface area contributed by atoms with Gasteiger partial charge in [-0.15, -0.1) is 0 Å². The molecule has 1 aromatic rings. The minimum atomic E-state index is 0.128. The average molecular weight is 345 g/mol. The lowest BCUT2D eigenvalue weighted by atomic mass is 9.89. The first-order chi connectivity index (χ1) is 12.0. The molecule has 1 N–H and O–H groups in total. The molecule has 4 heteroatoms. The normalized spacial score (nSPS) is 23.5. The highest BCUT2D eigenvalue weighted by molar-refractivity contribution is 5.66. The van der Waals surface area contributed by atoms with Crippen molar-refractivity contribution in [3.05, 3.63) is 35.4 Å². The number of benzene rings is 1. The van der Waals surface area contributed by atoms with Gasteiger partial charge < -0.3 is 14.6 Å². The Morgan fingerprint density at radius 1 is 1.44 bits per heavy atom. The van der Waals surface area contributed by atoms with Gasteiger partial charge in [-0.05, 0) is 25.7 Å². The fraction of sp³-hybridized carbons (Fsp3) is 0.619. The molecule has 25 heavy (non-hydrogen) atoms. The zero-order valence-electron chi connectivity index (χ0n) is 15.8. The van der Waals surface area contributed by atoms with Gasteiger partial charge in [0.15, 0.2) is 0 Å². The molecule has 3 rings (SSSR count). The molecule has 0 aliphatic carbocycles. The van der Waals surface area contributed by atoms with E-state index in [2.05, 4.69) is 38.3 Å². The Labute approximate surface area is 151 Å². The molecule has 0 saturated carbocycles. The second-order valence-corrected chi connectivity index (χ2v) is 7.56. The molecule has 2 atom stereocenters. The van der Waals surface area contributed by atoms with Gasteiger partial charge in [-0.3, -0.25) is 4.90 Å². The van der Waals surface area contributed by atoms with E-state index in [4.69, 9.17) is 9.47 Å². The van der Waals surface area contributed by atoms with Crippen LogP contribution >= 0.6 is 0 Å². The third-order valence-corrected chi connectivity index (χ3v) is 5.23. The summed E-state index contributed by atoms with van der Waals surface area (Å²) in [7, 11) is 0. The standard InChI is InChI=1S/C21H31NO3/c1-5-24-16-8-10-22(13-14(2)3)20(12-16)19-7-6-17(15(4)23)18-9-11-25-21(18)19/h6-7,14,16,20,23H,4-5,8-13H2,1-3H3/t16?,20-/m0/s1. The van der Waals surface area contributed by atoms with Crippen LogP contribution in [0.25, 0.3) is 5.76 Å². The summed E-state index contributed by atoms with van der Waals surface area (Å²) in [5, 5.41) is 9.89. The number of hydrogen-bond acceptors (Lipinski definition) is 4. The molecule has 1 saturated heterocycles. The van der Waals surface area contributed by atoms with E-state index in [9.17, 15) is 5.11 Å². The van der Waals surface area contributed by atoms with E-state index < -0.39 is 0 Å². The van der Waals surface area contributed by atoms with Crippen LogP contribution in [0.2, 0.25) is 0 Å². The van der Waals surface area contributed by atoms with Gasteiger partial charge in [0, 0.05) is 48.8 Å². The molecule has 1 fully saturated rings. The lowest BCUT2D eigenvalue weighted by Crippen LogP contribution is -2.41. The summed E-state index contributed by atoms with van der Waals surface area (Å²) in [6.45, 7) is 13.9. The maximum Gasteiger partial charge on any atom is 0.128 e. The van der Waals surface area contributed by atoms with Crippen molar-refractivity contribution in [1.29, 1.82) is 0 Å². The second-order valence-electron chi connectivity index (χ2n) is 7.56. The topological polar surface area (TPSA) is 41.9 Å². The van der Waals surface area contributed by atoms with E-state index in [0.29, 0.717) is 24.7 Å². The highest BCUT2D eigenvalue weighted by Gasteiger charge is 2.34. The maximum atomic E-state index is 9.89. The molecule has 2 aliphatic heterocycles. The van der Waals surface area contributed by atoms with Crippen LogP contribution in [0.3, 0.4) is 0 Å². The van der Waals surface area contributed by atoms with E-state index in [-0.39, 0.29) is 5.76 Å². The predicted octanol–water partition coefficient (Wildman–Crippen LogP) is 4.35. The van der Waals surface area contributed by atoms with Crippen LogP contribution in [-0.4, -0.2) is 42.4 Å². The van der Waals surface area contributed by atoms with Crippen molar-refractivity contribution >= 4 is 5.76 Å². The van der Waals surface area contributed by atoms with Gasteiger partial charge in [0.1, 0.15) is 11.5 Å². The highest BCUT2D eigenvalue weighted by atomic mass is 16.5. The van der Waals surface area contributed by atoms with Crippen LogP contribution in [-0.2, 0) is 11.2 Å². The number of fused-ring (bicyclic) bond motifs is 1. The molecule has 0 spiro atoms. The molecule has 2 aliphatic rings. The molecule has 0 aromatic heterocycles. The van der Waals surface area contributed by atoms with Crippen molar-refractivity contribution in [3.8, 4) is 5.75 Å². The number of aliphatic hydroxyl groups excluding tert-OH is 1. The number of hydrogen-bond donors (Lipinski definition) is 1. The van der Waals surface area contributed by atoms with Crippen molar-refractivity contribution < 1.29 is 14.6 Å². The molecule has 0 bridgehead atoms. The summed E-state index contributed by atoms with van der Waals surface area (Å²) < 4.78 is 12.0. The summed E-state index contributed by atoms with van der Waals surface area (Å²) >= 11 is 0. The number of ether oxygens (including phenoxy) is 2. The predicted molar refractivity (Wildman–Crippen MR) is 101 cm³/mol. The van der Waals surface area contributed by atoms with E-state index in [0.717, 1.165) is 55.8 Å². The Balaban J connectivity index is 1.95. The van der Waals surface area contributed by atoms with E-state index in [1.165, 1.54) is 5.56 Å². The number of nitrogens with zero attached hydrogens (tertiary/aromatic N) is 1. The Bertz CT molecular complexity index is 626. The minimum absolute atomic E-state index is 0.128. The van der Waals surface area contributed by atoms with Gasteiger partial charge in [0.2, 0.25) is 0 Å². The Kier molecular flexibility index (Phi) is 5.70. The summed E-state index contributed by atoms with van der Waals surface area (Å²) in [6, 6.07) is 4.43. The average Bonchev–Trinajstić information content (AvgIpc) is 3.04. The largest absolute Gasteiger partial charge is 0.508 e. The van der Waals surface area contributed by atoms with Crippen molar-refractivity contribution in [2.75, 3.05) is 26.3 Å². The highest BCUT2D eigenvalue weighted by Crippen LogP contribution is 2.43. The fourth-order valence-electron chi connectivity index (χ4n) is 4.23. The summed E-state index contributed by atoms with van der Waals surface area (Å²) in [4.78, 5) is 2.57. The lowest BCUT2D eigenvalue weighted by Gasteiger charge is -2.41. The monoisotopic (exact) mass is 345 g/mol. The van der Waals surface area contributed by atoms with Crippen molar-refractivity contribution in [3.63, 3.8) is 0 Å². The zero-order valence-corrected chi connectivity index (χ0v) is 15.8. The summed E-state index contributed by atoms with van der Waals surface area (Å²) in [5.41, 5.74) is 3.17. The molecule has 138 valence electrons. The van der Waals surface area contributed by atoms with Crippen molar-refractivity contribution in [1.82, 2.24) is 4.90 Å². The molecular formula is C21H31NO3. The summed E-state index contributed by atoms with van der Waals surface area (Å²) in [5.74, 6) is 1.71. The van der Waals surface area contributed by atoms with E-state index in [1.54, 1.807) is 0 Å². The molecule has 4 nitrogen and oxygen atoms in total. The zero-order chi connectivity index (χ0) is 18.0. The van der Waals surface area contributed by atoms with Crippen LogP contribution in [0.4, 0.5) is 0 Å². The van der Waals surface area contributed by atoms with Crippen molar-refractivity contribution in [2.45, 2.75) is 52.2 Å². The summed E-state index contributed by atoms with van der Waals surface area (Å²) in [6.07, 6.45) is 3.23. The van der Waals surface area contributed by atoms with Crippen molar-refractivity contribution in [2.24, 2.45) is 5.92 Å². The molecule has 1 aromatic carbocycles. The van der Waals surface area contributed by atoms with Gasteiger partial charge in [0.05, 0.1) is 12.7 Å². The molecular weight excluding hydrogens is 314 g/mol. The van der Waals surface area contributed by atoms with Crippen LogP contribution in [0.15, 0.2) is 18.7 Å². The quantitative estimate of drug-likeness (QED) is 0.779. The fourth-order valence-corrected chi connectivity index (χ4v) is 4.23. The first-order valence-corrected chi connectivity index (χ1v) is 9.53. The molecule has 1 unspecified atom stereocenters. The maximum absolute atomic E-state index is 9.89. The van der Waals surface area contributed by atoms with E-state index >= 15 is 0 Å². The lowest BCUT2D eigenvalue weighted by molar-refractivity contribution is -0.0146. The second kappa shape index (κ2) is 7.79. The van der Waals surface area contributed by atoms with Gasteiger partial charge in [-0.2, -0.15) is 0 Å². The molecule has 2 heterocycles. The Morgan fingerprint density at radius 2 is 2.24 bits per heavy atom. The van der Waals surface area contributed by atoms with Gasteiger partial charge >= 0.3 is 0 Å². The first-order valence-electron chi connectivity index (χ1n) is 9.53. The van der Waals surface area contributed by atoms with Gasteiger partial charge in [-0.1, -0.05) is 32.6 Å². The smallest absolute Gasteiger partial charge is 0.128 e. The minimum Gasteiger partial charge on any atom is -0.508 e. The van der Waals surface area contributed by atoms with Crippen LogP contribution < -0.4 is 4.74 Å². The molecule has 0 radical (unpaired) electrons. The number of aliphatic hydroxyl groups is 1. The molecule has 0 amide bonds. The van der Waals surface area contributed by atoms with Crippen LogP contribution in [0.5, 0.6) is 5.75 Å². The SMILES string of the molecule is C=C(O)c1ccc([C@@H]2CC(OCC)CCN2CC(C)C)c2c1CCO2. The third kappa shape index (κ3) is 3.85. The van der Waals surface area contributed by atoms with Gasteiger partial charge in [-0.25, -0.2) is 0 Å². The number of likely N-dealkylation sites (tertiary alicyclic amines) is 1. The van der Waals surface area contributed by atoms with E-state index in [1.807, 2.05) is 6.07 Å². The third-order valence-electron chi connectivity index (χ3n) is 5.23. The van der Waals surface area contributed by atoms with Crippen LogP contribution in [0.1, 0.15) is 56.3 Å². The number of piperidine rings is 1. The Morgan fingerprint density at radius 3 is 2.92 bits per heavy atom. The Hall–Kier alpha value is -1.52. The van der Waals surface area contributed by atoms with Crippen LogP contribution in [0, 0.1) is 5.92 Å². The van der Waals surface area contributed by atoms with Gasteiger partial charge in [0.25, 0.3) is 0 Å². The number of rotatable bonds is 6.